The second kappa shape index (κ2) is 6.29. The maximum atomic E-state index is 12.1. The van der Waals surface area contributed by atoms with Crippen molar-refractivity contribution >= 4 is 11.6 Å². The van der Waals surface area contributed by atoms with Gasteiger partial charge in [0.05, 0.1) is 5.69 Å². The Morgan fingerprint density at radius 1 is 1.40 bits per heavy atom. The lowest BCUT2D eigenvalue weighted by Crippen LogP contribution is -2.28. The Balaban J connectivity index is 2.22. The van der Waals surface area contributed by atoms with Gasteiger partial charge in [-0.2, -0.15) is 5.10 Å². The fourth-order valence-electron chi connectivity index (χ4n) is 1.91. The zero-order chi connectivity index (χ0) is 14.5. The molecule has 0 saturated heterocycles. The standard InChI is InChI=1S/C14H19N5O/c1-9(8-15-3)14(20)17-12-7-5-4-6-11(12)13-16-10(2)18-19-13/h4-7,9,15H,8H2,1-3H3,(H,17,20)(H,16,18,19). The van der Waals surface area contributed by atoms with Crippen LogP contribution < -0.4 is 10.6 Å². The number of aryl methyl sites for hydroxylation is 1. The van der Waals surface area contributed by atoms with Crippen LogP contribution in [0.3, 0.4) is 0 Å². The minimum atomic E-state index is -0.109. The Morgan fingerprint density at radius 3 is 2.80 bits per heavy atom. The number of para-hydroxylation sites is 1. The third-order valence-corrected chi connectivity index (χ3v) is 2.98. The van der Waals surface area contributed by atoms with E-state index in [9.17, 15) is 4.79 Å². The molecule has 106 valence electrons. The number of benzene rings is 1. The number of rotatable bonds is 5. The average Bonchev–Trinajstić information content (AvgIpc) is 2.86. The van der Waals surface area contributed by atoms with Crippen LogP contribution in [-0.4, -0.2) is 34.7 Å². The van der Waals surface area contributed by atoms with Crippen LogP contribution >= 0.6 is 0 Å². The maximum absolute atomic E-state index is 12.1. The molecule has 0 aliphatic carbocycles. The molecule has 1 aromatic heterocycles. The Morgan fingerprint density at radius 2 is 2.15 bits per heavy atom. The molecule has 0 saturated carbocycles. The predicted octanol–water partition coefficient (Wildman–Crippen LogP) is 1.57. The number of anilines is 1. The summed E-state index contributed by atoms with van der Waals surface area (Å²) in [6, 6.07) is 7.51. The lowest BCUT2D eigenvalue weighted by molar-refractivity contribution is -0.119. The molecule has 0 bridgehead atoms. The van der Waals surface area contributed by atoms with Gasteiger partial charge in [-0.05, 0) is 26.1 Å². The number of H-pyrrole nitrogens is 1. The van der Waals surface area contributed by atoms with Crippen molar-refractivity contribution in [3.63, 3.8) is 0 Å². The normalized spacial score (nSPS) is 12.2. The van der Waals surface area contributed by atoms with Gasteiger partial charge >= 0.3 is 0 Å². The number of nitrogens with one attached hydrogen (secondary N) is 3. The summed E-state index contributed by atoms with van der Waals surface area (Å²) in [5, 5.41) is 12.9. The van der Waals surface area contributed by atoms with Crippen molar-refractivity contribution in [1.29, 1.82) is 0 Å². The summed E-state index contributed by atoms with van der Waals surface area (Å²) in [5.74, 6) is 1.19. The smallest absolute Gasteiger partial charge is 0.228 e. The molecule has 2 aromatic rings. The highest BCUT2D eigenvalue weighted by Crippen LogP contribution is 2.25. The van der Waals surface area contributed by atoms with Crippen molar-refractivity contribution in [3.8, 4) is 11.4 Å². The monoisotopic (exact) mass is 273 g/mol. The second-order valence-electron chi connectivity index (χ2n) is 4.74. The van der Waals surface area contributed by atoms with E-state index in [1.165, 1.54) is 0 Å². The van der Waals surface area contributed by atoms with Crippen LogP contribution in [0.4, 0.5) is 5.69 Å². The third-order valence-electron chi connectivity index (χ3n) is 2.98. The van der Waals surface area contributed by atoms with Crippen LogP contribution in [0, 0.1) is 12.8 Å². The minimum absolute atomic E-state index is 0.0287. The molecule has 1 aromatic carbocycles. The van der Waals surface area contributed by atoms with Gasteiger partial charge in [-0.15, -0.1) is 0 Å². The molecule has 6 nitrogen and oxygen atoms in total. The Kier molecular flexibility index (Phi) is 4.47. The van der Waals surface area contributed by atoms with E-state index in [0.29, 0.717) is 12.4 Å². The lowest BCUT2D eigenvalue weighted by atomic mass is 10.1. The van der Waals surface area contributed by atoms with E-state index < -0.39 is 0 Å². The number of amides is 1. The van der Waals surface area contributed by atoms with Crippen molar-refractivity contribution in [2.24, 2.45) is 5.92 Å². The molecule has 6 heteroatoms. The first-order valence-corrected chi connectivity index (χ1v) is 6.55. The zero-order valence-corrected chi connectivity index (χ0v) is 11.9. The van der Waals surface area contributed by atoms with Crippen LogP contribution in [0.1, 0.15) is 12.7 Å². The maximum Gasteiger partial charge on any atom is 0.228 e. The molecule has 1 heterocycles. The first-order chi connectivity index (χ1) is 9.61. The van der Waals surface area contributed by atoms with Crippen LogP contribution in [0.15, 0.2) is 24.3 Å². The summed E-state index contributed by atoms with van der Waals surface area (Å²) < 4.78 is 0. The molecule has 0 fully saturated rings. The van der Waals surface area contributed by atoms with Crippen molar-refractivity contribution in [3.05, 3.63) is 30.1 Å². The minimum Gasteiger partial charge on any atom is -0.325 e. The Labute approximate surface area is 118 Å². The number of aromatic amines is 1. The van der Waals surface area contributed by atoms with Gasteiger partial charge in [-0.3, -0.25) is 9.89 Å². The summed E-state index contributed by atoms with van der Waals surface area (Å²) in [7, 11) is 1.83. The Bertz CT molecular complexity index is 593. The summed E-state index contributed by atoms with van der Waals surface area (Å²) in [4.78, 5) is 16.4. The molecule has 1 unspecified atom stereocenters. The van der Waals surface area contributed by atoms with Gasteiger partial charge in [0, 0.05) is 18.0 Å². The van der Waals surface area contributed by atoms with E-state index in [1.54, 1.807) is 0 Å². The molecule has 0 radical (unpaired) electrons. The SMILES string of the molecule is CNCC(C)C(=O)Nc1ccccc1-c1n[nH]c(C)n1. The molecule has 1 atom stereocenters. The number of hydrogen-bond donors (Lipinski definition) is 3. The first-order valence-electron chi connectivity index (χ1n) is 6.55. The van der Waals surface area contributed by atoms with Gasteiger partial charge in [0.25, 0.3) is 0 Å². The molecule has 0 aliphatic heterocycles. The summed E-state index contributed by atoms with van der Waals surface area (Å²) in [5.41, 5.74) is 1.53. The highest BCUT2D eigenvalue weighted by atomic mass is 16.1. The fourth-order valence-corrected chi connectivity index (χ4v) is 1.91. The molecule has 0 aliphatic rings. The molecule has 0 spiro atoms. The van der Waals surface area contributed by atoms with Crippen molar-refractivity contribution in [2.75, 3.05) is 18.9 Å². The molecule has 20 heavy (non-hydrogen) atoms. The average molecular weight is 273 g/mol. The second-order valence-corrected chi connectivity index (χ2v) is 4.74. The van der Waals surface area contributed by atoms with Crippen LogP contribution in [0.25, 0.3) is 11.4 Å². The van der Waals surface area contributed by atoms with Crippen LogP contribution in [0.5, 0.6) is 0 Å². The van der Waals surface area contributed by atoms with E-state index in [0.717, 1.165) is 17.1 Å². The van der Waals surface area contributed by atoms with Gasteiger partial charge < -0.3 is 10.6 Å². The number of carbonyl (C=O) groups is 1. The van der Waals surface area contributed by atoms with Gasteiger partial charge in [-0.25, -0.2) is 4.98 Å². The van der Waals surface area contributed by atoms with E-state index in [4.69, 9.17) is 0 Å². The highest BCUT2D eigenvalue weighted by Gasteiger charge is 2.15. The topological polar surface area (TPSA) is 82.7 Å². The van der Waals surface area contributed by atoms with E-state index in [1.807, 2.05) is 45.2 Å². The number of nitrogens with zero attached hydrogens (tertiary/aromatic N) is 2. The molecular weight excluding hydrogens is 254 g/mol. The van der Waals surface area contributed by atoms with Gasteiger partial charge in [0.15, 0.2) is 5.82 Å². The molecular formula is C14H19N5O. The van der Waals surface area contributed by atoms with E-state index in [2.05, 4.69) is 25.8 Å². The fraction of sp³-hybridized carbons (Fsp3) is 0.357. The first kappa shape index (κ1) is 14.2. The summed E-state index contributed by atoms with van der Waals surface area (Å²) in [6.45, 7) is 4.35. The quantitative estimate of drug-likeness (QED) is 0.772. The van der Waals surface area contributed by atoms with Crippen molar-refractivity contribution in [2.45, 2.75) is 13.8 Å². The van der Waals surface area contributed by atoms with E-state index in [-0.39, 0.29) is 11.8 Å². The molecule has 1 amide bonds. The number of carbonyl (C=O) groups excluding carboxylic acids is 1. The number of aromatic nitrogens is 3. The zero-order valence-electron chi connectivity index (χ0n) is 11.9. The summed E-state index contributed by atoms with van der Waals surface area (Å²) >= 11 is 0. The van der Waals surface area contributed by atoms with Gasteiger partial charge in [0.1, 0.15) is 5.82 Å². The Hall–Kier alpha value is -2.21. The van der Waals surface area contributed by atoms with Crippen molar-refractivity contribution < 1.29 is 4.79 Å². The predicted molar refractivity (Wildman–Crippen MR) is 78.3 cm³/mol. The largest absolute Gasteiger partial charge is 0.325 e. The summed E-state index contributed by atoms with van der Waals surface area (Å²) in [6.07, 6.45) is 0. The van der Waals surface area contributed by atoms with Crippen LogP contribution in [0.2, 0.25) is 0 Å². The molecule has 3 N–H and O–H groups in total. The molecule has 2 rings (SSSR count). The highest BCUT2D eigenvalue weighted by molar-refractivity contribution is 5.96. The lowest BCUT2D eigenvalue weighted by Gasteiger charge is -2.13. The van der Waals surface area contributed by atoms with Crippen molar-refractivity contribution in [1.82, 2.24) is 20.5 Å². The van der Waals surface area contributed by atoms with Gasteiger partial charge in [0.2, 0.25) is 5.91 Å². The third kappa shape index (κ3) is 3.21. The number of hydrogen-bond acceptors (Lipinski definition) is 4. The van der Waals surface area contributed by atoms with Gasteiger partial charge in [-0.1, -0.05) is 19.1 Å². The van der Waals surface area contributed by atoms with Crippen LogP contribution in [-0.2, 0) is 4.79 Å². The van der Waals surface area contributed by atoms with E-state index >= 15 is 0 Å².